The van der Waals surface area contributed by atoms with Crippen molar-refractivity contribution in [2.45, 2.75) is 91.6 Å². The zero-order chi connectivity index (χ0) is 26.6. The van der Waals surface area contributed by atoms with E-state index in [1.54, 1.807) is 59.7 Å². The summed E-state index contributed by atoms with van der Waals surface area (Å²) in [6.07, 6.45) is -1.56. The highest BCUT2D eigenvalue weighted by atomic mass is 16.7. The molecule has 1 aliphatic heterocycles. The number of benzene rings is 1. The maximum atomic E-state index is 13.3. The number of nitrogens with one attached hydrogen (secondary N) is 1. The lowest BCUT2D eigenvalue weighted by Crippen LogP contribution is -2.41. The Labute approximate surface area is 206 Å². The number of nitriles is 1. The van der Waals surface area contributed by atoms with Crippen LogP contribution in [0.15, 0.2) is 18.2 Å². The van der Waals surface area contributed by atoms with E-state index in [0.29, 0.717) is 16.4 Å². The van der Waals surface area contributed by atoms with Crippen LogP contribution in [0.3, 0.4) is 0 Å². The first-order valence-corrected chi connectivity index (χ1v) is 11.5. The smallest absolute Gasteiger partial charge is 0.444 e. The van der Waals surface area contributed by atoms with Gasteiger partial charge in [0.05, 0.1) is 16.7 Å². The third-order valence-corrected chi connectivity index (χ3v) is 5.84. The summed E-state index contributed by atoms with van der Waals surface area (Å²) in [7, 11) is -0.792. The Morgan fingerprint density at radius 1 is 1.00 bits per heavy atom. The summed E-state index contributed by atoms with van der Waals surface area (Å²) in [6.45, 7) is 18.1. The topological polar surface area (TPSA) is 112 Å². The molecule has 1 N–H and O–H groups in total. The van der Waals surface area contributed by atoms with Crippen LogP contribution in [0.1, 0.15) is 74.8 Å². The van der Waals surface area contributed by atoms with Gasteiger partial charge in [0, 0.05) is 5.39 Å². The monoisotopic (exact) mass is 483 g/mol. The Morgan fingerprint density at radius 2 is 1.54 bits per heavy atom. The average molecular weight is 483 g/mol. The van der Waals surface area contributed by atoms with E-state index in [0.717, 1.165) is 0 Å². The van der Waals surface area contributed by atoms with Crippen molar-refractivity contribution in [2.75, 3.05) is 5.32 Å². The van der Waals surface area contributed by atoms with E-state index in [9.17, 15) is 14.9 Å². The molecule has 0 spiro atoms. The Hall–Kier alpha value is -3.03. The average Bonchev–Trinajstić information content (AvgIpc) is 3.07. The number of ether oxygens (including phenoxy) is 2. The number of anilines is 1. The van der Waals surface area contributed by atoms with Gasteiger partial charge in [-0.15, -0.1) is 0 Å². The first-order chi connectivity index (χ1) is 15.9. The van der Waals surface area contributed by atoms with Crippen LogP contribution in [-0.2, 0) is 18.8 Å². The summed E-state index contributed by atoms with van der Waals surface area (Å²) in [6, 6.07) is 7.33. The lowest BCUT2D eigenvalue weighted by Gasteiger charge is -2.32. The molecule has 10 heteroatoms. The third-order valence-electron chi connectivity index (χ3n) is 5.84. The van der Waals surface area contributed by atoms with Crippen LogP contribution in [0.2, 0.25) is 0 Å². The summed E-state index contributed by atoms with van der Waals surface area (Å²) in [5, 5.41) is 13.2. The first-order valence-electron chi connectivity index (χ1n) is 11.5. The number of hydrogen-bond donors (Lipinski definition) is 1. The lowest BCUT2D eigenvalue weighted by atomic mass is 9.76. The maximum Gasteiger partial charge on any atom is 0.495 e. The molecule has 0 unspecified atom stereocenters. The predicted octanol–water partition coefficient (Wildman–Crippen LogP) is 4.94. The van der Waals surface area contributed by atoms with Crippen molar-refractivity contribution in [1.82, 2.24) is 4.57 Å². The van der Waals surface area contributed by atoms with Gasteiger partial charge < -0.3 is 18.8 Å². The molecule has 2 aromatic rings. The van der Waals surface area contributed by atoms with Crippen molar-refractivity contribution in [2.24, 2.45) is 0 Å². The van der Waals surface area contributed by atoms with E-state index in [2.05, 4.69) is 11.4 Å². The van der Waals surface area contributed by atoms with Crippen LogP contribution in [0.4, 0.5) is 15.4 Å². The molecule has 1 aromatic carbocycles. The number of hydrogen-bond acceptors (Lipinski definition) is 7. The number of amides is 1. The van der Waals surface area contributed by atoms with Gasteiger partial charge >= 0.3 is 19.3 Å². The molecule has 0 bridgehead atoms. The minimum absolute atomic E-state index is 0.0463. The molecule has 0 radical (unpaired) electrons. The van der Waals surface area contributed by atoms with E-state index in [1.807, 2.05) is 27.7 Å². The van der Waals surface area contributed by atoms with Gasteiger partial charge in [0.15, 0.2) is 0 Å². The summed E-state index contributed by atoms with van der Waals surface area (Å²) >= 11 is 0. The summed E-state index contributed by atoms with van der Waals surface area (Å²) in [5.41, 5.74) is -1.82. The number of nitrogens with zero attached hydrogens (tertiary/aromatic N) is 2. The normalized spacial score (nSPS) is 17.2. The van der Waals surface area contributed by atoms with Crippen molar-refractivity contribution in [1.29, 1.82) is 5.26 Å². The predicted molar refractivity (Wildman–Crippen MR) is 134 cm³/mol. The van der Waals surface area contributed by atoms with Gasteiger partial charge in [-0.25, -0.2) is 14.2 Å². The molecule has 0 saturated carbocycles. The molecular weight excluding hydrogens is 449 g/mol. The highest BCUT2D eigenvalue weighted by molar-refractivity contribution is 6.65. The van der Waals surface area contributed by atoms with Gasteiger partial charge in [0.25, 0.3) is 0 Å². The molecule has 1 aromatic heterocycles. The van der Waals surface area contributed by atoms with Crippen molar-refractivity contribution in [3.8, 4) is 6.07 Å². The Morgan fingerprint density at radius 3 is 2.03 bits per heavy atom. The van der Waals surface area contributed by atoms with Crippen molar-refractivity contribution in [3.63, 3.8) is 0 Å². The quantitative estimate of drug-likeness (QED) is 0.602. The Balaban J connectivity index is 2.25. The Bertz CT molecular complexity index is 1190. The molecule has 188 valence electrons. The molecule has 1 amide bonds. The lowest BCUT2D eigenvalue weighted by molar-refractivity contribution is 0.00578. The van der Waals surface area contributed by atoms with Gasteiger partial charge in [-0.2, -0.15) is 5.26 Å². The number of fused-ring (bicyclic) bond motifs is 1. The second-order valence-electron chi connectivity index (χ2n) is 11.6. The molecule has 3 rings (SSSR count). The van der Waals surface area contributed by atoms with Gasteiger partial charge in [-0.1, -0.05) is 12.1 Å². The molecular formula is C25H34BN3O6. The molecule has 9 nitrogen and oxygen atoms in total. The number of carbonyl (C=O) groups excluding carboxylic acids is 2. The fraction of sp³-hybridized carbons (Fsp3) is 0.560. The minimum Gasteiger partial charge on any atom is -0.444 e. The van der Waals surface area contributed by atoms with Gasteiger partial charge in [0.1, 0.15) is 28.7 Å². The highest BCUT2D eigenvalue weighted by Gasteiger charge is 2.52. The van der Waals surface area contributed by atoms with Crippen molar-refractivity contribution in [3.05, 3.63) is 23.8 Å². The van der Waals surface area contributed by atoms with E-state index in [-0.39, 0.29) is 11.4 Å². The molecule has 1 aliphatic rings. The van der Waals surface area contributed by atoms with Gasteiger partial charge in [0.2, 0.25) is 0 Å². The number of aromatic nitrogens is 1. The second kappa shape index (κ2) is 8.57. The third kappa shape index (κ3) is 5.31. The molecule has 1 fully saturated rings. The molecule has 35 heavy (non-hydrogen) atoms. The number of rotatable bonds is 2. The van der Waals surface area contributed by atoms with Gasteiger partial charge in [-0.3, -0.25) is 5.32 Å². The molecule has 1 saturated heterocycles. The van der Waals surface area contributed by atoms with Crippen molar-refractivity contribution >= 4 is 41.5 Å². The molecule has 2 heterocycles. The fourth-order valence-electron chi connectivity index (χ4n) is 3.66. The summed E-state index contributed by atoms with van der Waals surface area (Å²) in [4.78, 5) is 26.0. The minimum atomic E-state index is -0.812. The second-order valence-corrected chi connectivity index (χ2v) is 11.6. The molecule has 0 atom stereocenters. The largest absolute Gasteiger partial charge is 0.495 e. The van der Waals surface area contributed by atoms with E-state index in [1.165, 1.54) is 4.57 Å². The Kier molecular flexibility index (Phi) is 6.51. The highest BCUT2D eigenvalue weighted by Crippen LogP contribution is 2.38. The van der Waals surface area contributed by atoms with Crippen LogP contribution < -0.4 is 10.8 Å². The van der Waals surface area contributed by atoms with E-state index < -0.39 is 41.7 Å². The first kappa shape index (κ1) is 26.6. The fourth-order valence-corrected chi connectivity index (χ4v) is 3.66. The van der Waals surface area contributed by atoms with E-state index in [4.69, 9.17) is 18.8 Å². The standard InChI is InChI=1S/C25H34BN3O6/c1-22(2,3)32-20(30)28-19-15(14-27)18-16(26-34-24(7,8)25(9,10)35-26)12-11-13-17(18)29(19)21(31)33-23(4,5)6/h11-13H,1-10H3,(H,28,30). The SMILES string of the molecule is CC(C)(C)OC(=O)Nc1c(C#N)c2c(B3OC(C)(C)C(C)(C)O3)cccc2n1C(=O)OC(C)(C)C. The zero-order valence-electron chi connectivity index (χ0n) is 22.2. The van der Waals surface area contributed by atoms with E-state index >= 15 is 0 Å². The van der Waals surface area contributed by atoms with Gasteiger partial charge in [-0.05, 0) is 80.8 Å². The van der Waals surface area contributed by atoms with Crippen LogP contribution in [0, 0.1) is 11.3 Å². The molecule has 0 aliphatic carbocycles. The zero-order valence-corrected chi connectivity index (χ0v) is 22.2. The van der Waals surface area contributed by atoms with Crippen molar-refractivity contribution < 1.29 is 28.4 Å². The van der Waals surface area contributed by atoms with Crippen LogP contribution in [0.5, 0.6) is 0 Å². The number of carbonyl (C=O) groups is 2. The summed E-state index contributed by atoms with van der Waals surface area (Å²) < 4.78 is 24.6. The maximum absolute atomic E-state index is 13.3. The van der Waals surface area contributed by atoms with Crippen LogP contribution >= 0.6 is 0 Å². The van der Waals surface area contributed by atoms with Crippen LogP contribution in [-0.4, -0.2) is 46.3 Å². The summed E-state index contributed by atoms with van der Waals surface area (Å²) in [5.74, 6) is -0.0463. The van der Waals surface area contributed by atoms with Crippen LogP contribution in [0.25, 0.3) is 10.9 Å².